The average molecular weight is 473 g/mol. The quantitative estimate of drug-likeness (QED) is 0.590. The molecule has 4 rings (SSSR count). The smallest absolute Gasteiger partial charge is 0.408 e. The van der Waals surface area contributed by atoms with E-state index < -0.39 is 29.6 Å². The number of nitrogens with zero attached hydrogens (tertiary/aromatic N) is 2. The Balaban J connectivity index is 1.54. The minimum absolute atomic E-state index is 0.0946. The zero-order valence-electron chi connectivity index (χ0n) is 17.9. The molecule has 2 N–H and O–H groups in total. The highest BCUT2D eigenvalue weighted by Crippen LogP contribution is 2.30. The van der Waals surface area contributed by atoms with Crippen LogP contribution < -0.4 is 16.4 Å². The van der Waals surface area contributed by atoms with Crippen LogP contribution in [0, 0.1) is 17.1 Å². The number of ether oxygens (including phenoxy) is 1. The van der Waals surface area contributed by atoms with Gasteiger partial charge in [0.05, 0.1) is 11.6 Å². The van der Waals surface area contributed by atoms with Crippen molar-refractivity contribution in [2.24, 2.45) is 7.05 Å². The minimum Gasteiger partial charge on any atom is -0.408 e. The lowest BCUT2D eigenvalue weighted by Crippen LogP contribution is -2.46. The van der Waals surface area contributed by atoms with Crippen LogP contribution in [0.5, 0.6) is 0 Å². The number of nitriles is 1. The van der Waals surface area contributed by atoms with Crippen LogP contribution in [-0.4, -0.2) is 42.3 Å². The molecule has 1 aromatic heterocycles. The van der Waals surface area contributed by atoms with Crippen molar-refractivity contribution in [3.05, 3.63) is 57.3 Å². The fraction of sp³-hybridized carbons (Fsp3) is 0.348. The highest BCUT2D eigenvalue weighted by Gasteiger charge is 2.25. The summed E-state index contributed by atoms with van der Waals surface area (Å²) in [5.74, 6) is -1.51. The highest BCUT2D eigenvalue weighted by molar-refractivity contribution is 6.31. The summed E-state index contributed by atoms with van der Waals surface area (Å²) in [5.41, 5.74) is 2.28. The fourth-order valence-electron chi connectivity index (χ4n) is 3.75. The van der Waals surface area contributed by atoms with E-state index in [1.54, 1.807) is 31.3 Å². The number of aryl methyl sites for hydroxylation is 1. The van der Waals surface area contributed by atoms with Gasteiger partial charge in [0.1, 0.15) is 18.0 Å². The molecule has 172 valence electrons. The van der Waals surface area contributed by atoms with Gasteiger partial charge < -0.3 is 19.8 Å². The highest BCUT2D eigenvalue weighted by atomic mass is 35.5. The SMILES string of the molecule is Cn1c(=O)oc2ccc(-c3cc(F)c(CC(C#N)NC(=O)C4CNCCCO4)c(Cl)c3)cc21. The number of carbonyl (C=O) groups excluding carboxylic acids is 1. The Morgan fingerprint density at radius 2 is 2.21 bits per heavy atom. The number of halogens is 2. The van der Waals surface area contributed by atoms with E-state index >= 15 is 4.39 Å². The summed E-state index contributed by atoms with van der Waals surface area (Å²) in [7, 11) is 1.58. The second-order valence-electron chi connectivity index (χ2n) is 7.84. The number of rotatable bonds is 5. The Morgan fingerprint density at radius 1 is 1.39 bits per heavy atom. The van der Waals surface area contributed by atoms with Crippen molar-refractivity contribution in [2.75, 3.05) is 19.7 Å². The first-order valence-corrected chi connectivity index (χ1v) is 10.9. The second-order valence-corrected chi connectivity index (χ2v) is 8.25. The van der Waals surface area contributed by atoms with Crippen molar-refractivity contribution in [1.29, 1.82) is 5.26 Å². The maximum Gasteiger partial charge on any atom is 0.419 e. The molecule has 1 amide bonds. The van der Waals surface area contributed by atoms with Gasteiger partial charge in [0.2, 0.25) is 0 Å². The van der Waals surface area contributed by atoms with E-state index in [1.807, 2.05) is 6.07 Å². The zero-order chi connectivity index (χ0) is 23.5. The third kappa shape index (κ3) is 4.93. The van der Waals surface area contributed by atoms with Gasteiger partial charge >= 0.3 is 5.76 Å². The van der Waals surface area contributed by atoms with Crippen LogP contribution >= 0.6 is 11.6 Å². The maximum absolute atomic E-state index is 15.0. The molecule has 2 unspecified atom stereocenters. The Kier molecular flexibility index (Phi) is 6.79. The monoisotopic (exact) mass is 472 g/mol. The lowest BCUT2D eigenvalue weighted by atomic mass is 9.99. The van der Waals surface area contributed by atoms with Gasteiger partial charge in [-0.15, -0.1) is 0 Å². The number of oxazole rings is 1. The van der Waals surface area contributed by atoms with E-state index in [4.69, 9.17) is 20.8 Å². The molecule has 33 heavy (non-hydrogen) atoms. The van der Waals surface area contributed by atoms with E-state index in [1.165, 1.54) is 10.6 Å². The van der Waals surface area contributed by atoms with Crippen molar-refractivity contribution >= 4 is 28.6 Å². The summed E-state index contributed by atoms with van der Waals surface area (Å²) in [6.07, 6.45) is -0.00900. The summed E-state index contributed by atoms with van der Waals surface area (Å²) in [6, 6.07) is 8.97. The van der Waals surface area contributed by atoms with Gasteiger partial charge in [-0.1, -0.05) is 17.7 Å². The number of hydrogen-bond acceptors (Lipinski definition) is 6. The molecule has 1 fully saturated rings. The number of carbonyl (C=O) groups is 1. The number of amides is 1. The molecule has 8 nitrogen and oxygen atoms in total. The molecular weight excluding hydrogens is 451 g/mol. The molecule has 0 spiro atoms. The molecule has 3 aromatic rings. The van der Waals surface area contributed by atoms with Gasteiger partial charge in [-0.25, -0.2) is 9.18 Å². The van der Waals surface area contributed by atoms with Crippen molar-refractivity contribution in [3.8, 4) is 17.2 Å². The van der Waals surface area contributed by atoms with Crippen LogP contribution in [0.4, 0.5) is 4.39 Å². The topological polar surface area (TPSA) is 109 Å². The average Bonchev–Trinajstić information content (AvgIpc) is 2.98. The standard InChI is InChI=1S/C23H22ClFN4O4/c1-29-19-9-13(3-4-20(19)33-23(29)31)14-7-17(24)16(18(25)8-14)10-15(11-26)28-22(30)21-12-27-5-2-6-32-21/h3-4,7-9,15,21,27H,2,5-6,10,12H2,1H3,(H,28,30). The van der Waals surface area contributed by atoms with Gasteiger partial charge in [0, 0.05) is 37.2 Å². The molecule has 1 aliphatic heterocycles. The van der Waals surface area contributed by atoms with Crippen LogP contribution in [0.2, 0.25) is 5.02 Å². The summed E-state index contributed by atoms with van der Waals surface area (Å²) in [5, 5.41) is 15.4. The molecule has 0 bridgehead atoms. The van der Waals surface area contributed by atoms with Crippen molar-refractivity contribution in [3.63, 3.8) is 0 Å². The zero-order valence-corrected chi connectivity index (χ0v) is 18.6. The Hall–Kier alpha value is -3.19. The van der Waals surface area contributed by atoms with E-state index in [9.17, 15) is 14.9 Å². The molecule has 0 aliphatic carbocycles. The fourth-order valence-corrected chi connectivity index (χ4v) is 4.04. The summed E-state index contributed by atoms with van der Waals surface area (Å²) < 4.78 is 27.0. The van der Waals surface area contributed by atoms with Crippen LogP contribution in [0.1, 0.15) is 12.0 Å². The maximum atomic E-state index is 15.0. The lowest BCUT2D eigenvalue weighted by molar-refractivity contribution is -0.132. The lowest BCUT2D eigenvalue weighted by Gasteiger charge is -2.18. The Labute approximate surface area is 193 Å². The largest absolute Gasteiger partial charge is 0.419 e. The number of hydrogen-bond donors (Lipinski definition) is 2. The summed E-state index contributed by atoms with van der Waals surface area (Å²) in [4.78, 5) is 24.2. The molecule has 0 radical (unpaired) electrons. The first-order valence-electron chi connectivity index (χ1n) is 10.5. The number of fused-ring (bicyclic) bond motifs is 1. The van der Waals surface area contributed by atoms with Gasteiger partial charge in [-0.2, -0.15) is 5.26 Å². The van der Waals surface area contributed by atoms with E-state index in [0.29, 0.717) is 35.4 Å². The summed E-state index contributed by atoms with van der Waals surface area (Å²) in [6.45, 7) is 1.55. The van der Waals surface area contributed by atoms with Gasteiger partial charge in [0.25, 0.3) is 5.91 Å². The molecule has 0 saturated carbocycles. The molecule has 1 saturated heterocycles. The van der Waals surface area contributed by atoms with Gasteiger partial charge in [-0.05, 0) is 48.4 Å². The van der Waals surface area contributed by atoms with Crippen LogP contribution in [0.15, 0.2) is 39.5 Å². The minimum atomic E-state index is -0.973. The van der Waals surface area contributed by atoms with Crippen LogP contribution in [-0.2, 0) is 23.0 Å². The van der Waals surface area contributed by atoms with E-state index in [-0.39, 0.29) is 17.0 Å². The van der Waals surface area contributed by atoms with Gasteiger partial charge in [0.15, 0.2) is 5.58 Å². The first-order chi connectivity index (χ1) is 15.9. The Bertz CT molecular complexity index is 1260. The number of benzene rings is 2. The second kappa shape index (κ2) is 9.75. The van der Waals surface area contributed by atoms with E-state index in [2.05, 4.69) is 10.6 Å². The predicted molar refractivity (Wildman–Crippen MR) is 120 cm³/mol. The third-order valence-corrected chi connectivity index (χ3v) is 5.92. The Morgan fingerprint density at radius 3 is 2.97 bits per heavy atom. The number of aromatic nitrogens is 1. The molecule has 2 heterocycles. The third-order valence-electron chi connectivity index (χ3n) is 5.59. The van der Waals surface area contributed by atoms with E-state index in [0.717, 1.165) is 13.0 Å². The van der Waals surface area contributed by atoms with Crippen molar-refractivity contribution in [2.45, 2.75) is 25.0 Å². The molecule has 10 heteroatoms. The van der Waals surface area contributed by atoms with Crippen molar-refractivity contribution < 1.29 is 18.3 Å². The molecule has 2 aromatic carbocycles. The van der Waals surface area contributed by atoms with Crippen LogP contribution in [0.3, 0.4) is 0 Å². The van der Waals surface area contributed by atoms with Crippen molar-refractivity contribution in [1.82, 2.24) is 15.2 Å². The normalized spacial score (nSPS) is 17.3. The predicted octanol–water partition coefficient (Wildman–Crippen LogP) is 2.52. The van der Waals surface area contributed by atoms with Gasteiger partial charge in [-0.3, -0.25) is 9.36 Å². The molecular formula is C23H22ClFN4O4. The van der Waals surface area contributed by atoms with Crippen LogP contribution in [0.25, 0.3) is 22.2 Å². The summed E-state index contributed by atoms with van der Waals surface area (Å²) >= 11 is 6.38. The molecule has 1 aliphatic rings. The number of nitrogens with one attached hydrogen (secondary N) is 2. The first kappa shape index (κ1) is 23.0. The molecule has 2 atom stereocenters.